The summed E-state index contributed by atoms with van der Waals surface area (Å²) in [5.41, 5.74) is 3.56. The van der Waals surface area contributed by atoms with Gasteiger partial charge in [-0.3, -0.25) is 9.63 Å². The fourth-order valence-corrected chi connectivity index (χ4v) is 0.891. The Morgan fingerprint density at radius 1 is 1.17 bits per heavy atom. The molecule has 0 aliphatic heterocycles. The van der Waals surface area contributed by atoms with E-state index in [-0.39, 0.29) is 6.54 Å². The molecule has 11 heteroatoms. The normalized spacial score (nSPS) is 11.2. The highest BCUT2D eigenvalue weighted by Crippen LogP contribution is 2.09. The second-order valence-electron chi connectivity index (χ2n) is 5.51. The number of amides is 1. The summed E-state index contributed by atoms with van der Waals surface area (Å²) in [6, 6.07) is 0. The average molecular weight is 335 g/mol. The molecular weight excluding hydrogens is 314 g/mol. The highest BCUT2D eigenvalue weighted by molar-refractivity contribution is 5.89. The van der Waals surface area contributed by atoms with Crippen LogP contribution in [0.1, 0.15) is 27.7 Å². The quantitative estimate of drug-likeness (QED) is 0.271. The van der Waals surface area contributed by atoms with E-state index in [1.165, 1.54) is 13.8 Å². The van der Waals surface area contributed by atoms with Crippen molar-refractivity contribution in [3.8, 4) is 0 Å². The number of carboxylic acids is 2. The van der Waals surface area contributed by atoms with Gasteiger partial charge in [0.25, 0.3) is 11.0 Å². The van der Waals surface area contributed by atoms with E-state index in [0.717, 1.165) is 0 Å². The van der Waals surface area contributed by atoms with Gasteiger partial charge >= 0.3 is 11.9 Å². The summed E-state index contributed by atoms with van der Waals surface area (Å²) in [4.78, 5) is 44.9. The van der Waals surface area contributed by atoms with E-state index in [1.807, 2.05) is 0 Å². The van der Waals surface area contributed by atoms with Crippen LogP contribution in [0.3, 0.4) is 0 Å². The molecule has 0 bridgehead atoms. The summed E-state index contributed by atoms with van der Waals surface area (Å²) in [5.74, 6) is -3.09. The molecule has 0 atom stereocenters. The lowest BCUT2D eigenvalue weighted by atomic mass is 10.1. The zero-order valence-corrected chi connectivity index (χ0v) is 13.2. The third-order valence-corrected chi connectivity index (χ3v) is 1.92. The number of rotatable bonds is 7. The van der Waals surface area contributed by atoms with Crippen LogP contribution in [0.5, 0.6) is 0 Å². The summed E-state index contributed by atoms with van der Waals surface area (Å²) in [6.07, 6.45) is 1.12. The van der Waals surface area contributed by atoms with Crippen molar-refractivity contribution < 1.29 is 34.5 Å². The average Bonchev–Trinajstić information content (AvgIpc) is 2.31. The Kier molecular flexibility index (Phi) is 9.19. The van der Waals surface area contributed by atoms with Crippen LogP contribution in [0.25, 0.3) is 0 Å². The molecule has 0 fully saturated rings. The third-order valence-electron chi connectivity index (χ3n) is 1.92. The van der Waals surface area contributed by atoms with Gasteiger partial charge < -0.3 is 21.3 Å². The lowest BCUT2D eigenvalue weighted by molar-refractivity contribution is -0.774. The number of nitrogens with one attached hydrogen (secondary N) is 1. The molecular formula is C12H21N3O8. The highest BCUT2D eigenvalue weighted by atomic mass is 17.0. The summed E-state index contributed by atoms with van der Waals surface area (Å²) in [5, 5.41) is 27.2. The predicted molar refractivity (Wildman–Crippen MR) is 77.8 cm³/mol. The van der Waals surface area contributed by atoms with E-state index in [1.54, 1.807) is 13.8 Å². The number of nitrogens with zero attached hydrogens (tertiary/aromatic N) is 1. The van der Waals surface area contributed by atoms with Crippen LogP contribution in [0, 0.1) is 10.1 Å². The maximum atomic E-state index is 11.5. The molecule has 0 heterocycles. The summed E-state index contributed by atoms with van der Waals surface area (Å²) in [6.45, 7) is 6.31. The molecule has 0 aromatic carbocycles. The first-order chi connectivity index (χ1) is 10.2. The van der Waals surface area contributed by atoms with E-state index in [4.69, 9.17) is 15.9 Å². The predicted octanol–water partition coefficient (Wildman–Crippen LogP) is -0.461. The van der Waals surface area contributed by atoms with Gasteiger partial charge in [-0.25, -0.2) is 9.59 Å². The van der Waals surface area contributed by atoms with E-state index in [2.05, 4.69) is 10.2 Å². The van der Waals surface area contributed by atoms with E-state index < -0.39 is 34.1 Å². The van der Waals surface area contributed by atoms with E-state index >= 15 is 0 Å². The molecule has 0 saturated heterocycles. The molecule has 5 N–H and O–H groups in total. The first-order valence-corrected chi connectivity index (χ1v) is 6.22. The van der Waals surface area contributed by atoms with Crippen LogP contribution in [-0.2, 0) is 19.2 Å². The Bertz CT molecular complexity index is 463. The number of hydrogen-bond donors (Lipinski definition) is 4. The number of aliphatic carboxylic acids is 2. The fourth-order valence-electron chi connectivity index (χ4n) is 0.891. The lowest BCUT2D eigenvalue weighted by Gasteiger charge is -2.24. The largest absolute Gasteiger partial charge is 0.478 e. The van der Waals surface area contributed by atoms with Crippen LogP contribution in [0.4, 0.5) is 0 Å². The topological polar surface area (TPSA) is 182 Å². The molecule has 23 heavy (non-hydrogen) atoms. The molecule has 0 radical (unpaired) electrons. The Balaban J connectivity index is 0. The van der Waals surface area contributed by atoms with Crippen LogP contribution in [-0.4, -0.2) is 50.8 Å². The summed E-state index contributed by atoms with van der Waals surface area (Å²) in [7, 11) is 0. The SMILES string of the molecule is CC(C)(N)CNC(=O)C(C)(C)O[N+](=O)[O-].O=C(O)C=CC(=O)O. The Morgan fingerprint density at radius 3 is 1.83 bits per heavy atom. The number of nitrogens with two attached hydrogens (primary N) is 1. The molecule has 0 saturated carbocycles. The maximum absolute atomic E-state index is 11.5. The number of carboxylic acid groups (broad SMARTS) is 2. The Hall–Kier alpha value is -2.69. The van der Waals surface area contributed by atoms with Gasteiger partial charge in [0.15, 0.2) is 5.60 Å². The molecule has 0 unspecified atom stereocenters. The first-order valence-electron chi connectivity index (χ1n) is 6.22. The second-order valence-corrected chi connectivity index (χ2v) is 5.51. The van der Waals surface area contributed by atoms with Crippen LogP contribution >= 0.6 is 0 Å². The van der Waals surface area contributed by atoms with Crippen LogP contribution in [0.15, 0.2) is 12.2 Å². The fraction of sp³-hybridized carbons (Fsp3) is 0.583. The molecule has 132 valence electrons. The number of hydrogen-bond acceptors (Lipinski definition) is 7. The van der Waals surface area contributed by atoms with Gasteiger partial charge in [-0.15, -0.1) is 10.1 Å². The molecule has 0 rings (SSSR count). The molecule has 0 aromatic rings. The second kappa shape index (κ2) is 9.35. The van der Waals surface area contributed by atoms with Crippen molar-refractivity contribution >= 4 is 17.8 Å². The third kappa shape index (κ3) is 15.5. The van der Waals surface area contributed by atoms with Crippen molar-refractivity contribution in [1.29, 1.82) is 0 Å². The lowest BCUT2D eigenvalue weighted by Crippen LogP contribution is -2.51. The zero-order valence-electron chi connectivity index (χ0n) is 13.2. The molecule has 0 aliphatic rings. The van der Waals surface area contributed by atoms with Gasteiger partial charge in [-0.05, 0) is 27.7 Å². The van der Waals surface area contributed by atoms with Gasteiger partial charge in [0.2, 0.25) is 0 Å². The maximum Gasteiger partial charge on any atom is 0.328 e. The van der Waals surface area contributed by atoms with Crippen molar-refractivity contribution in [2.45, 2.75) is 38.8 Å². The van der Waals surface area contributed by atoms with Gasteiger partial charge in [0.05, 0.1) is 0 Å². The number of carbonyl (C=O) groups excluding carboxylic acids is 1. The number of carbonyl (C=O) groups is 3. The minimum absolute atomic E-state index is 0.219. The Morgan fingerprint density at radius 2 is 1.57 bits per heavy atom. The van der Waals surface area contributed by atoms with Gasteiger partial charge in [-0.2, -0.15) is 0 Å². The van der Waals surface area contributed by atoms with Crippen molar-refractivity contribution in [3.05, 3.63) is 22.3 Å². The van der Waals surface area contributed by atoms with E-state index in [9.17, 15) is 24.5 Å². The van der Waals surface area contributed by atoms with Crippen molar-refractivity contribution in [3.63, 3.8) is 0 Å². The van der Waals surface area contributed by atoms with Gasteiger partial charge in [0, 0.05) is 24.2 Å². The van der Waals surface area contributed by atoms with Gasteiger partial charge in [-0.1, -0.05) is 0 Å². The molecule has 11 nitrogen and oxygen atoms in total. The first kappa shape index (κ1) is 22.6. The van der Waals surface area contributed by atoms with Crippen molar-refractivity contribution in [2.24, 2.45) is 5.73 Å². The van der Waals surface area contributed by atoms with Gasteiger partial charge in [0.1, 0.15) is 0 Å². The molecule has 0 aromatic heterocycles. The van der Waals surface area contributed by atoms with Crippen LogP contribution < -0.4 is 11.1 Å². The minimum atomic E-state index is -1.51. The van der Waals surface area contributed by atoms with Crippen molar-refractivity contribution in [1.82, 2.24) is 5.32 Å². The van der Waals surface area contributed by atoms with Crippen molar-refractivity contribution in [2.75, 3.05) is 6.54 Å². The Labute approximate surface area is 132 Å². The summed E-state index contributed by atoms with van der Waals surface area (Å²) < 4.78 is 0. The minimum Gasteiger partial charge on any atom is -0.478 e. The summed E-state index contributed by atoms with van der Waals surface area (Å²) >= 11 is 0. The molecule has 0 spiro atoms. The molecule has 1 amide bonds. The van der Waals surface area contributed by atoms with E-state index in [0.29, 0.717) is 12.2 Å². The van der Waals surface area contributed by atoms with Crippen LogP contribution in [0.2, 0.25) is 0 Å². The standard InChI is InChI=1S/C8H17N3O4.C4H4O4/c1-7(2,9)5-10-6(12)8(3,4)15-11(13)14;5-3(6)1-2-4(7)8/h5,9H2,1-4H3,(H,10,12);1-2H,(H,5,6)(H,7,8). The highest BCUT2D eigenvalue weighted by Gasteiger charge is 2.32. The molecule has 0 aliphatic carbocycles. The smallest absolute Gasteiger partial charge is 0.328 e. The monoisotopic (exact) mass is 335 g/mol. The zero-order chi connectivity index (χ0) is 18.8.